The lowest BCUT2D eigenvalue weighted by atomic mass is 10.3. The van der Waals surface area contributed by atoms with Crippen LogP contribution in [0.1, 0.15) is 0 Å². The highest BCUT2D eigenvalue weighted by molar-refractivity contribution is 7.12. The smallest absolute Gasteiger partial charge is 0.369 e. The van der Waals surface area contributed by atoms with Crippen LogP contribution in [0, 0.1) is 0 Å². The molecule has 22 heavy (non-hydrogen) atoms. The molecule has 2 aromatic heterocycles. The van der Waals surface area contributed by atoms with Gasteiger partial charge in [-0.3, -0.25) is 0 Å². The highest BCUT2D eigenvalue weighted by Gasteiger charge is 2.14. The average molecular weight is 337 g/mol. The molecule has 1 aromatic carbocycles. The summed E-state index contributed by atoms with van der Waals surface area (Å²) < 4.78 is 7.16. The van der Waals surface area contributed by atoms with Crippen molar-refractivity contribution in [3.8, 4) is 10.8 Å². The predicted molar refractivity (Wildman–Crippen MR) is 80.6 cm³/mol. The summed E-state index contributed by atoms with van der Waals surface area (Å²) >= 11 is 7.15. The van der Waals surface area contributed by atoms with Crippen LogP contribution in [0.2, 0.25) is 5.02 Å². The van der Waals surface area contributed by atoms with Crippen molar-refractivity contribution in [2.24, 2.45) is 0 Å². The normalized spacial score (nSPS) is 10.6. The molecule has 9 heteroatoms. The topological polar surface area (TPSA) is 79.0 Å². The van der Waals surface area contributed by atoms with Crippen LogP contribution in [0.15, 0.2) is 46.6 Å². The predicted octanol–water partition coefficient (Wildman–Crippen LogP) is 1.75. The molecule has 2 heterocycles. The van der Waals surface area contributed by atoms with E-state index in [0.717, 1.165) is 9.36 Å². The lowest BCUT2D eigenvalue weighted by molar-refractivity contribution is -0.135. The summed E-state index contributed by atoms with van der Waals surface area (Å²) in [5.74, 6) is -0.334. The van der Waals surface area contributed by atoms with Gasteiger partial charge in [-0.25, -0.2) is 9.59 Å². The summed E-state index contributed by atoms with van der Waals surface area (Å²) in [4.78, 5) is 23.9. The molecule has 7 nitrogen and oxygen atoms in total. The van der Waals surface area contributed by atoms with Gasteiger partial charge in [0.1, 0.15) is 17.3 Å². The first-order valence-electron chi connectivity index (χ1n) is 6.16. The van der Waals surface area contributed by atoms with Gasteiger partial charge >= 0.3 is 11.7 Å². The first kappa shape index (κ1) is 14.5. The largest absolute Gasteiger partial charge is 0.425 e. The Morgan fingerprint density at radius 2 is 2.14 bits per heavy atom. The van der Waals surface area contributed by atoms with E-state index < -0.39 is 11.7 Å². The summed E-state index contributed by atoms with van der Waals surface area (Å²) in [7, 11) is 0. The van der Waals surface area contributed by atoms with E-state index in [2.05, 4.69) is 10.4 Å². The quantitative estimate of drug-likeness (QED) is 0.535. The number of benzene rings is 1. The van der Waals surface area contributed by atoms with Gasteiger partial charge in [-0.2, -0.15) is 9.36 Å². The Labute approximate surface area is 133 Å². The van der Waals surface area contributed by atoms with Crippen LogP contribution in [0.3, 0.4) is 0 Å². The van der Waals surface area contributed by atoms with E-state index in [9.17, 15) is 9.59 Å². The molecule has 0 aliphatic carbocycles. The summed E-state index contributed by atoms with van der Waals surface area (Å²) in [6.45, 7) is -0.337. The minimum atomic E-state index is -0.636. The second-order valence-electron chi connectivity index (χ2n) is 4.21. The number of carbonyl (C=O) groups excluding carboxylic acids is 1. The molecule has 0 saturated heterocycles. The molecule has 0 unspecified atom stereocenters. The number of esters is 1. The van der Waals surface area contributed by atoms with Crippen molar-refractivity contribution in [3.05, 3.63) is 57.3 Å². The monoisotopic (exact) mass is 336 g/mol. The van der Waals surface area contributed by atoms with E-state index >= 15 is 0 Å². The second kappa shape index (κ2) is 6.12. The molecule has 0 atom stereocenters. The molecule has 0 radical (unpaired) electrons. The third-order valence-electron chi connectivity index (χ3n) is 2.66. The molecule has 0 aliphatic heterocycles. The molecule has 0 spiro atoms. The number of rotatable bonds is 4. The summed E-state index contributed by atoms with van der Waals surface area (Å²) in [6, 6.07) is 9.94. The number of aromatic nitrogens is 4. The molecule has 0 aliphatic rings. The standard InChI is InChI=1S/C13H9ClN4O3S/c14-9-3-1-4-10(7-9)21-12(19)8-17-13(20)18(16-15-17)11-5-2-6-22-11/h1-7H,8H2. The van der Waals surface area contributed by atoms with Gasteiger partial charge in [0.2, 0.25) is 0 Å². The van der Waals surface area contributed by atoms with E-state index in [1.807, 2.05) is 5.38 Å². The van der Waals surface area contributed by atoms with E-state index in [1.165, 1.54) is 17.4 Å². The zero-order chi connectivity index (χ0) is 15.5. The highest BCUT2D eigenvalue weighted by Crippen LogP contribution is 2.17. The maximum absolute atomic E-state index is 12.1. The van der Waals surface area contributed by atoms with Crippen molar-refractivity contribution in [1.29, 1.82) is 0 Å². The number of tetrazole rings is 1. The number of ether oxygens (including phenoxy) is 1. The summed E-state index contributed by atoms with van der Waals surface area (Å²) in [5.41, 5.74) is -0.509. The van der Waals surface area contributed by atoms with Crippen molar-refractivity contribution in [2.75, 3.05) is 0 Å². The minimum absolute atomic E-state index is 0.302. The van der Waals surface area contributed by atoms with Crippen molar-refractivity contribution in [2.45, 2.75) is 6.54 Å². The number of hydrogen-bond donors (Lipinski definition) is 0. The van der Waals surface area contributed by atoms with E-state index in [4.69, 9.17) is 16.3 Å². The van der Waals surface area contributed by atoms with Gasteiger partial charge in [-0.15, -0.1) is 11.3 Å². The fourth-order valence-corrected chi connectivity index (χ4v) is 2.57. The SMILES string of the molecule is O=C(Cn1nnn(-c2cccs2)c1=O)Oc1cccc(Cl)c1. The Morgan fingerprint density at radius 1 is 1.27 bits per heavy atom. The van der Waals surface area contributed by atoms with Crippen LogP contribution in [0.5, 0.6) is 5.75 Å². The Balaban J connectivity index is 1.74. The van der Waals surface area contributed by atoms with Gasteiger partial charge in [0, 0.05) is 5.02 Å². The van der Waals surface area contributed by atoms with Crippen LogP contribution in [0.25, 0.3) is 5.00 Å². The third-order valence-corrected chi connectivity index (χ3v) is 3.74. The van der Waals surface area contributed by atoms with Gasteiger partial charge in [0.15, 0.2) is 0 Å². The molecule has 112 valence electrons. The molecule has 3 rings (SSSR count). The Bertz CT molecular complexity index is 856. The van der Waals surface area contributed by atoms with E-state index in [0.29, 0.717) is 15.8 Å². The number of carbonyl (C=O) groups is 1. The molecular weight excluding hydrogens is 328 g/mol. The van der Waals surface area contributed by atoms with Crippen molar-refractivity contribution in [3.63, 3.8) is 0 Å². The first-order valence-corrected chi connectivity index (χ1v) is 7.42. The zero-order valence-corrected chi connectivity index (χ0v) is 12.6. The Hall–Kier alpha value is -2.45. The summed E-state index contributed by atoms with van der Waals surface area (Å²) in [5, 5.41) is 10.3. The molecule has 0 amide bonds. The third kappa shape index (κ3) is 3.07. The van der Waals surface area contributed by atoms with Crippen LogP contribution >= 0.6 is 22.9 Å². The van der Waals surface area contributed by atoms with Gasteiger partial charge in [0.25, 0.3) is 0 Å². The first-order chi connectivity index (χ1) is 10.6. The van der Waals surface area contributed by atoms with Crippen LogP contribution in [-0.4, -0.2) is 25.8 Å². The molecule has 0 bridgehead atoms. The zero-order valence-electron chi connectivity index (χ0n) is 11.0. The molecule has 0 fully saturated rings. The second-order valence-corrected chi connectivity index (χ2v) is 5.58. The Morgan fingerprint density at radius 3 is 2.86 bits per heavy atom. The maximum Gasteiger partial charge on any atom is 0.369 e. The van der Waals surface area contributed by atoms with Crippen molar-refractivity contribution in [1.82, 2.24) is 19.8 Å². The minimum Gasteiger partial charge on any atom is -0.425 e. The fourth-order valence-electron chi connectivity index (χ4n) is 1.72. The molecule has 0 N–H and O–H groups in total. The number of thiophene rings is 1. The Kier molecular flexibility index (Phi) is 4.03. The lowest BCUT2D eigenvalue weighted by Crippen LogP contribution is -2.28. The van der Waals surface area contributed by atoms with Crippen LogP contribution in [-0.2, 0) is 11.3 Å². The van der Waals surface area contributed by atoms with Gasteiger partial charge in [-0.05, 0) is 46.1 Å². The molecule has 0 saturated carbocycles. The van der Waals surface area contributed by atoms with Crippen molar-refractivity contribution >= 4 is 28.9 Å². The highest BCUT2D eigenvalue weighted by atomic mass is 35.5. The number of halogens is 1. The molecule has 3 aromatic rings. The van der Waals surface area contributed by atoms with Gasteiger partial charge < -0.3 is 4.74 Å². The van der Waals surface area contributed by atoms with Gasteiger partial charge in [-0.1, -0.05) is 17.7 Å². The van der Waals surface area contributed by atoms with E-state index in [1.54, 1.807) is 30.3 Å². The number of hydrogen-bond acceptors (Lipinski definition) is 6. The lowest BCUT2D eigenvalue weighted by Gasteiger charge is -2.03. The van der Waals surface area contributed by atoms with Crippen LogP contribution < -0.4 is 10.4 Å². The fraction of sp³-hybridized carbons (Fsp3) is 0.0769. The summed E-state index contributed by atoms with van der Waals surface area (Å²) in [6.07, 6.45) is 0. The van der Waals surface area contributed by atoms with E-state index in [-0.39, 0.29) is 6.54 Å². The van der Waals surface area contributed by atoms with Gasteiger partial charge in [0.05, 0.1) is 0 Å². The molecular formula is C13H9ClN4O3S. The van der Waals surface area contributed by atoms with Crippen molar-refractivity contribution < 1.29 is 9.53 Å². The number of nitrogens with zero attached hydrogens (tertiary/aromatic N) is 4. The van der Waals surface area contributed by atoms with Crippen LogP contribution in [0.4, 0.5) is 0 Å². The maximum atomic E-state index is 12.1. The average Bonchev–Trinajstić information content (AvgIpc) is 3.10.